The van der Waals surface area contributed by atoms with Crippen LogP contribution in [0.3, 0.4) is 0 Å². The molecule has 0 spiro atoms. The topological polar surface area (TPSA) is 65.3 Å². The van der Waals surface area contributed by atoms with Crippen molar-refractivity contribution in [3.8, 4) is 5.75 Å². The van der Waals surface area contributed by atoms with Gasteiger partial charge in [0.05, 0.1) is 16.7 Å². The first-order chi connectivity index (χ1) is 9.47. The van der Waals surface area contributed by atoms with E-state index in [1.165, 1.54) is 6.20 Å². The van der Waals surface area contributed by atoms with Crippen LogP contribution in [0.5, 0.6) is 5.75 Å². The SMILES string of the molecule is O=[N+]([O-])c1cc(F)c(OCc2ccc(Br)cn2)cc1F. The first-order valence-electron chi connectivity index (χ1n) is 5.34. The molecule has 0 saturated carbocycles. The number of hydrogen-bond acceptors (Lipinski definition) is 4. The van der Waals surface area contributed by atoms with E-state index in [2.05, 4.69) is 20.9 Å². The van der Waals surface area contributed by atoms with Crippen molar-refractivity contribution in [2.45, 2.75) is 6.61 Å². The highest BCUT2D eigenvalue weighted by molar-refractivity contribution is 9.10. The van der Waals surface area contributed by atoms with Gasteiger partial charge < -0.3 is 4.74 Å². The van der Waals surface area contributed by atoms with Crippen molar-refractivity contribution in [3.63, 3.8) is 0 Å². The zero-order chi connectivity index (χ0) is 14.7. The number of hydrogen-bond donors (Lipinski definition) is 0. The van der Waals surface area contributed by atoms with Crippen molar-refractivity contribution in [2.24, 2.45) is 0 Å². The lowest BCUT2D eigenvalue weighted by Crippen LogP contribution is -2.01. The Morgan fingerprint density at radius 3 is 2.65 bits per heavy atom. The van der Waals surface area contributed by atoms with Gasteiger partial charge in [-0.05, 0) is 28.1 Å². The summed E-state index contributed by atoms with van der Waals surface area (Å²) in [4.78, 5) is 13.4. The van der Waals surface area contributed by atoms with E-state index in [1.54, 1.807) is 12.1 Å². The summed E-state index contributed by atoms with van der Waals surface area (Å²) in [6, 6.07) is 4.49. The number of pyridine rings is 1. The fourth-order valence-corrected chi connectivity index (χ4v) is 1.65. The third-order valence-electron chi connectivity index (χ3n) is 2.36. The largest absolute Gasteiger partial charge is 0.484 e. The first kappa shape index (κ1) is 14.3. The summed E-state index contributed by atoms with van der Waals surface area (Å²) in [7, 11) is 0. The normalized spacial score (nSPS) is 10.3. The molecule has 104 valence electrons. The van der Waals surface area contributed by atoms with Crippen LogP contribution in [0.25, 0.3) is 0 Å². The summed E-state index contributed by atoms with van der Waals surface area (Å²) in [5, 5.41) is 10.4. The molecule has 0 unspecified atom stereocenters. The number of halogens is 3. The van der Waals surface area contributed by atoms with Gasteiger partial charge in [-0.2, -0.15) is 4.39 Å². The van der Waals surface area contributed by atoms with Crippen molar-refractivity contribution >= 4 is 21.6 Å². The lowest BCUT2D eigenvalue weighted by Gasteiger charge is -2.07. The van der Waals surface area contributed by atoms with Crippen LogP contribution in [0.4, 0.5) is 14.5 Å². The molecule has 1 heterocycles. The van der Waals surface area contributed by atoms with E-state index in [-0.39, 0.29) is 6.61 Å². The molecule has 0 bridgehead atoms. The van der Waals surface area contributed by atoms with Gasteiger partial charge in [0.15, 0.2) is 11.6 Å². The van der Waals surface area contributed by atoms with Crippen LogP contribution in [0, 0.1) is 21.7 Å². The van der Waals surface area contributed by atoms with Gasteiger partial charge in [0.1, 0.15) is 6.61 Å². The Kier molecular flexibility index (Phi) is 4.23. The third kappa shape index (κ3) is 3.27. The molecule has 5 nitrogen and oxygen atoms in total. The second-order valence-electron chi connectivity index (χ2n) is 3.75. The Bertz CT molecular complexity index is 650. The van der Waals surface area contributed by atoms with Crippen LogP contribution in [0.2, 0.25) is 0 Å². The summed E-state index contributed by atoms with van der Waals surface area (Å²) < 4.78 is 32.7. The Morgan fingerprint density at radius 2 is 2.05 bits per heavy atom. The van der Waals surface area contributed by atoms with E-state index in [9.17, 15) is 18.9 Å². The van der Waals surface area contributed by atoms with Gasteiger partial charge in [-0.1, -0.05) is 0 Å². The minimum Gasteiger partial charge on any atom is -0.484 e. The minimum atomic E-state index is -1.16. The van der Waals surface area contributed by atoms with E-state index < -0.39 is 28.0 Å². The molecule has 2 aromatic rings. The quantitative estimate of drug-likeness (QED) is 0.627. The molecule has 0 aliphatic carbocycles. The Hall–Kier alpha value is -2.09. The Balaban J connectivity index is 2.16. The lowest BCUT2D eigenvalue weighted by molar-refractivity contribution is -0.387. The second kappa shape index (κ2) is 5.91. The maximum absolute atomic E-state index is 13.5. The van der Waals surface area contributed by atoms with Crippen molar-refractivity contribution in [1.29, 1.82) is 0 Å². The standard InChI is InChI=1S/C12H7BrF2N2O3/c13-7-1-2-8(16-5-7)6-20-12-4-9(14)11(17(18)19)3-10(12)15/h1-5H,6H2. The summed E-state index contributed by atoms with van der Waals surface area (Å²) in [6.07, 6.45) is 1.53. The van der Waals surface area contributed by atoms with E-state index in [0.717, 1.165) is 4.47 Å². The third-order valence-corrected chi connectivity index (χ3v) is 2.83. The van der Waals surface area contributed by atoms with Crippen molar-refractivity contribution in [1.82, 2.24) is 4.98 Å². The van der Waals surface area contributed by atoms with Crippen LogP contribution in [-0.2, 0) is 6.61 Å². The molecule has 20 heavy (non-hydrogen) atoms. The van der Waals surface area contributed by atoms with Crippen LogP contribution in [-0.4, -0.2) is 9.91 Å². The van der Waals surface area contributed by atoms with Gasteiger partial charge in [0.2, 0.25) is 5.82 Å². The monoisotopic (exact) mass is 344 g/mol. The molecule has 8 heteroatoms. The summed E-state index contributed by atoms with van der Waals surface area (Å²) in [6.45, 7) is -0.0819. The molecule has 0 saturated heterocycles. The fraction of sp³-hybridized carbons (Fsp3) is 0.0833. The van der Waals surface area contributed by atoms with E-state index in [4.69, 9.17) is 4.74 Å². The van der Waals surface area contributed by atoms with Crippen LogP contribution < -0.4 is 4.74 Å². The van der Waals surface area contributed by atoms with E-state index >= 15 is 0 Å². The maximum atomic E-state index is 13.5. The molecule has 0 atom stereocenters. The lowest BCUT2D eigenvalue weighted by atomic mass is 10.3. The summed E-state index contributed by atoms with van der Waals surface area (Å²) in [5.41, 5.74) is -0.428. The summed E-state index contributed by atoms with van der Waals surface area (Å²) >= 11 is 3.21. The van der Waals surface area contributed by atoms with Gasteiger partial charge in [0.25, 0.3) is 0 Å². The van der Waals surface area contributed by atoms with Gasteiger partial charge in [0, 0.05) is 16.7 Å². The van der Waals surface area contributed by atoms with Crippen LogP contribution in [0.15, 0.2) is 34.9 Å². The zero-order valence-electron chi connectivity index (χ0n) is 9.85. The molecule has 1 aromatic carbocycles. The van der Waals surface area contributed by atoms with Gasteiger partial charge in [-0.25, -0.2) is 4.39 Å². The number of ether oxygens (including phenoxy) is 1. The highest BCUT2D eigenvalue weighted by Crippen LogP contribution is 2.26. The van der Waals surface area contributed by atoms with Crippen molar-refractivity contribution < 1.29 is 18.4 Å². The highest BCUT2D eigenvalue weighted by Gasteiger charge is 2.19. The highest BCUT2D eigenvalue weighted by atomic mass is 79.9. The molecular formula is C12H7BrF2N2O3. The zero-order valence-corrected chi connectivity index (χ0v) is 11.4. The fourth-order valence-electron chi connectivity index (χ4n) is 1.41. The van der Waals surface area contributed by atoms with E-state index in [1.807, 2.05) is 0 Å². The number of rotatable bonds is 4. The van der Waals surface area contributed by atoms with Crippen molar-refractivity contribution in [3.05, 3.63) is 62.4 Å². The molecule has 0 aliphatic rings. The number of nitro groups is 1. The minimum absolute atomic E-state index is 0.0819. The maximum Gasteiger partial charge on any atom is 0.307 e. The number of benzene rings is 1. The number of nitrogens with zero attached hydrogens (tertiary/aromatic N) is 2. The Morgan fingerprint density at radius 1 is 1.30 bits per heavy atom. The Labute approximate surface area is 120 Å². The van der Waals surface area contributed by atoms with Gasteiger partial charge in [-0.15, -0.1) is 0 Å². The smallest absolute Gasteiger partial charge is 0.307 e. The van der Waals surface area contributed by atoms with Gasteiger partial charge in [-0.3, -0.25) is 15.1 Å². The van der Waals surface area contributed by atoms with E-state index in [0.29, 0.717) is 17.8 Å². The predicted octanol–water partition coefficient (Wildman–Crippen LogP) is 3.61. The number of nitro benzene ring substituents is 1. The predicted molar refractivity (Wildman–Crippen MR) is 69.3 cm³/mol. The van der Waals surface area contributed by atoms with Gasteiger partial charge >= 0.3 is 5.69 Å². The van der Waals surface area contributed by atoms with Crippen molar-refractivity contribution in [2.75, 3.05) is 0 Å². The molecule has 0 fully saturated rings. The molecule has 0 amide bonds. The average molecular weight is 345 g/mol. The molecule has 2 rings (SSSR count). The van der Waals surface area contributed by atoms with Crippen LogP contribution in [0.1, 0.15) is 5.69 Å². The summed E-state index contributed by atoms with van der Waals surface area (Å²) in [5.74, 6) is -2.57. The first-order valence-corrected chi connectivity index (χ1v) is 6.13. The van der Waals surface area contributed by atoms with Crippen LogP contribution >= 0.6 is 15.9 Å². The number of aromatic nitrogens is 1. The molecule has 0 N–H and O–H groups in total. The average Bonchev–Trinajstić information content (AvgIpc) is 2.41. The molecular weight excluding hydrogens is 338 g/mol. The molecule has 1 aromatic heterocycles. The molecule has 0 aliphatic heterocycles. The second-order valence-corrected chi connectivity index (χ2v) is 4.66. The molecule has 0 radical (unpaired) electrons.